The van der Waals surface area contributed by atoms with Crippen LogP contribution < -0.4 is 5.32 Å². The first-order chi connectivity index (χ1) is 10.8. The molecule has 1 aliphatic carbocycles. The molecule has 22 heavy (non-hydrogen) atoms. The van der Waals surface area contributed by atoms with Crippen LogP contribution in [-0.4, -0.2) is 17.7 Å². The van der Waals surface area contributed by atoms with Gasteiger partial charge in [-0.25, -0.2) is 0 Å². The predicted octanol–water partition coefficient (Wildman–Crippen LogP) is 4.25. The quantitative estimate of drug-likeness (QED) is 0.864. The molecular weight excluding hydrogens is 270 g/mol. The summed E-state index contributed by atoms with van der Waals surface area (Å²) in [6, 6.07) is 19.1. The summed E-state index contributed by atoms with van der Waals surface area (Å²) in [4.78, 5) is 0. The Labute approximate surface area is 133 Å². The highest BCUT2D eigenvalue weighted by atomic mass is 16.3. The van der Waals surface area contributed by atoms with Crippen molar-refractivity contribution < 1.29 is 5.11 Å². The molecule has 2 aromatic rings. The molecule has 0 unspecified atom stereocenters. The van der Waals surface area contributed by atoms with E-state index in [4.69, 9.17) is 0 Å². The van der Waals surface area contributed by atoms with E-state index in [1.807, 2.05) is 0 Å². The third-order valence-corrected chi connectivity index (χ3v) is 4.78. The first-order valence-corrected chi connectivity index (χ1v) is 8.37. The van der Waals surface area contributed by atoms with Crippen LogP contribution >= 0.6 is 0 Å². The predicted molar refractivity (Wildman–Crippen MR) is 91.3 cm³/mol. The maximum absolute atomic E-state index is 9.38. The largest absolute Gasteiger partial charge is 0.508 e. The summed E-state index contributed by atoms with van der Waals surface area (Å²) in [5, 5.41) is 13.1. The highest BCUT2D eigenvalue weighted by Gasteiger charge is 2.21. The Morgan fingerprint density at radius 1 is 0.864 bits per heavy atom. The van der Waals surface area contributed by atoms with E-state index >= 15 is 0 Å². The second-order valence-electron chi connectivity index (χ2n) is 6.33. The molecule has 2 aromatic carbocycles. The van der Waals surface area contributed by atoms with Gasteiger partial charge in [-0.15, -0.1) is 0 Å². The molecule has 2 heteroatoms. The summed E-state index contributed by atoms with van der Waals surface area (Å²) in [6.45, 7) is 1.07. The molecule has 2 N–H and O–H groups in total. The lowest BCUT2D eigenvalue weighted by Gasteiger charge is -2.29. The monoisotopic (exact) mass is 295 g/mol. The Balaban J connectivity index is 1.41. The van der Waals surface area contributed by atoms with Crippen LogP contribution in [0.2, 0.25) is 0 Å². The second-order valence-corrected chi connectivity index (χ2v) is 6.33. The number of nitrogens with one attached hydrogen (secondary N) is 1. The SMILES string of the molecule is Oc1ccc(C2CCC(NCCc3ccccc3)CC2)cc1. The minimum absolute atomic E-state index is 0.361. The lowest BCUT2D eigenvalue weighted by molar-refractivity contribution is 0.344. The number of phenols is 1. The Morgan fingerprint density at radius 3 is 2.23 bits per heavy atom. The molecule has 0 aliphatic heterocycles. The Bertz CT molecular complexity index is 556. The molecule has 0 saturated heterocycles. The number of hydrogen-bond acceptors (Lipinski definition) is 2. The number of hydrogen-bond donors (Lipinski definition) is 2. The van der Waals surface area contributed by atoms with E-state index in [0.29, 0.717) is 17.7 Å². The zero-order valence-corrected chi connectivity index (χ0v) is 13.0. The molecule has 0 amide bonds. The molecule has 116 valence electrons. The van der Waals surface area contributed by atoms with Crippen LogP contribution in [0.4, 0.5) is 0 Å². The van der Waals surface area contributed by atoms with Crippen molar-refractivity contribution >= 4 is 0 Å². The van der Waals surface area contributed by atoms with Gasteiger partial charge >= 0.3 is 0 Å². The third kappa shape index (κ3) is 4.11. The molecular formula is C20H25NO. The first-order valence-electron chi connectivity index (χ1n) is 8.37. The van der Waals surface area contributed by atoms with Gasteiger partial charge in [0.2, 0.25) is 0 Å². The normalized spacial score (nSPS) is 21.6. The molecule has 0 bridgehead atoms. The summed E-state index contributed by atoms with van der Waals surface area (Å²) in [5.41, 5.74) is 2.79. The van der Waals surface area contributed by atoms with Crippen molar-refractivity contribution in [3.63, 3.8) is 0 Å². The van der Waals surface area contributed by atoms with Gasteiger partial charge in [-0.05, 0) is 67.8 Å². The minimum atomic E-state index is 0.361. The average Bonchev–Trinajstić information content (AvgIpc) is 2.57. The number of rotatable bonds is 5. The number of aromatic hydroxyl groups is 1. The lowest BCUT2D eigenvalue weighted by atomic mass is 9.81. The van der Waals surface area contributed by atoms with Gasteiger partial charge in [0.1, 0.15) is 5.75 Å². The standard InChI is InChI=1S/C20H25NO/c22-20-12-8-18(9-13-20)17-6-10-19(11-7-17)21-15-14-16-4-2-1-3-5-16/h1-5,8-9,12-13,17,19,21-22H,6-7,10-11,14-15H2. The van der Waals surface area contributed by atoms with Crippen LogP contribution in [0, 0.1) is 0 Å². The minimum Gasteiger partial charge on any atom is -0.508 e. The van der Waals surface area contributed by atoms with Gasteiger partial charge in [0.15, 0.2) is 0 Å². The van der Waals surface area contributed by atoms with E-state index in [1.54, 1.807) is 12.1 Å². The Kier molecular flexibility index (Phi) is 5.12. The van der Waals surface area contributed by atoms with Gasteiger partial charge < -0.3 is 10.4 Å². The van der Waals surface area contributed by atoms with Crippen LogP contribution in [0.5, 0.6) is 5.75 Å². The van der Waals surface area contributed by atoms with Gasteiger partial charge in [-0.1, -0.05) is 42.5 Å². The molecule has 0 atom stereocenters. The van der Waals surface area contributed by atoms with Gasteiger partial charge in [-0.2, -0.15) is 0 Å². The summed E-state index contributed by atoms with van der Waals surface area (Å²) in [6.07, 6.45) is 6.10. The van der Waals surface area contributed by atoms with E-state index in [9.17, 15) is 5.11 Å². The molecule has 0 radical (unpaired) electrons. The Hall–Kier alpha value is -1.80. The number of phenolic OH excluding ortho intramolecular Hbond substituents is 1. The third-order valence-electron chi connectivity index (χ3n) is 4.78. The van der Waals surface area contributed by atoms with Crippen molar-refractivity contribution in [3.05, 3.63) is 65.7 Å². The van der Waals surface area contributed by atoms with E-state index in [0.717, 1.165) is 13.0 Å². The van der Waals surface area contributed by atoms with Crippen LogP contribution in [0.25, 0.3) is 0 Å². The van der Waals surface area contributed by atoms with Crippen molar-refractivity contribution in [1.82, 2.24) is 5.32 Å². The zero-order valence-electron chi connectivity index (χ0n) is 13.0. The highest BCUT2D eigenvalue weighted by Crippen LogP contribution is 2.33. The van der Waals surface area contributed by atoms with Gasteiger partial charge in [0.05, 0.1) is 0 Å². The van der Waals surface area contributed by atoms with Gasteiger partial charge in [0, 0.05) is 6.04 Å². The van der Waals surface area contributed by atoms with E-state index in [-0.39, 0.29) is 0 Å². The summed E-state index contributed by atoms with van der Waals surface area (Å²) in [5.74, 6) is 1.02. The first kappa shape index (κ1) is 15.1. The fraction of sp³-hybridized carbons (Fsp3) is 0.400. The van der Waals surface area contributed by atoms with Crippen LogP contribution in [0.15, 0.2) is 54.6 Å². The molecule has 0 heterocycles. The van der Waals surface area contributed by atoms with Crippen molar-refractivity contribution in [1.29, 1.82) is 0 Å². The molecule has 1 saturated carbocycles. The van der Waals surface area contributed by atoms with Gasteiger partial charge in [0.25, 0.3) is 0 Å². The molecule has 0 spiro atoms. The maximum atomic E-state index is 9.38. The fourth-order valence-electron chi connectivity index (χ4n) is 3.44. The topological polar surface area (TPSA) is 32.3 Å². The van der Waals surface area contributed by atoms with Crippen molar-refractivity contribution in [2.45, 2.75) is 44.1 Å². The maximum Gasteiger partial charge on any atom is 0.115 e. The molecule has 3 rings (SSSR count). The zero-order chi connectivity index (χ0) is 15.2. The summed E-state index contributed by atoms with van der Waals surface area (Å²) in [7, 11) is 0. The van der Waals surface area contributed by atoms with Gasteiger partial charge in [-0.3, -0.25) is 0 Å². The lowest BCUT2D eigenvalue weighted by Crippen LogP contribution is -2.34. The second kappa shape index (κ2) is 7.46. The van der Waals surface area contributed by atoms with Crippen LogP contribution in [0.3, 0.4) is 0 Å². The number of benzene rings is 2. The van der Waals surface area contributed by atoms with Crippen LogP contribution in [0.1, 0.15) is 42.7 Å². The van der Waals surface area contributed by atoms with E-state index < -0.39 is 0 Å². The van der Waals surface area contributed by atoms with Crippen molar-refractivity contribution in [3.8, 4) is 5.75 Å². The van der Waals surface area contributed by atoms with E-state index in [1.165, 1.54) is 36.8 Å². The van der Waals surface area contributed by atoms with Crippen LogP contribution in [-0.2, 0) is 6.42 Å². The smallest absolute Gasteiger partial charge is 0.115 e. The Morgan fingerprint density at radius 2 is 1.55 bits per heavy atom. The fourth-order valence-corrected chi connectivity index (χ4v) is 3.44. The molecule has 2 nitrogen and oxygen atoms in total. The van der Waals surface area contributed by atoms with Crippen molar-refractivity contribution in [2.75, 3.05) is 6.54 Å². The summed E-state index contributed by atoms with van der Waals surface area (Å²) < 4.78 is 0. The molecule has 1 fully saturated rings. The van der Waals surface area contributed by atoms with E-state index in [2.05, 4.69) is 47.8 Å². The molecule has 1 aliphatic rings. The highest BCUT2D eigenvalue weighted by molar-refractivity contribution is 5.28. The average molecular weight is 295 g/mol. The van der Waals surface area contributed by atoms with Crippen molar-refractivity contribution in [2.24, 2.45) is 0 Å². The summed E-state index contributed by atoms with van der Waals surface area (Å²) >= 11 is 0. The molecule has 0 aromatic heterocycles.